The van der Waals surface area contributed by atoms with E-state index in [1.54, 1.807) is 12.1 Å². The molecule has 2 aromatic heterocycles. The third-order valence-corrected chi connectivity index (χ3v) is 6.36. The summed E-state index contributed by atoms with van der Waals surface area (Å²) in [7, 11) is 0. The molecule has 4 rings (SSSR count). The van der Waals surface area contributed by atoms with E-state index in [-0.39, 0.29) is 12.1 Å². The number of fused-ring (bicyclic) bond motifs is 3. The summed E-state index contributed by atoms with van der Waals surface area (Å²) in [6, 6.07) is 6.94. The number of hydrogen-bond acceptors (Lipinski definition) is 5. The molecule has 1 aliphatic rings. The van der Waals surface area contributed by atoms with Crippen LogP contribution in [0, 0.1) is 0 Å². The van der Waals surface area contributed by atoms with Gasteiger partial charge < -0.3 is 14.6 Å². The molecule has 9 heteroatoms. The number of nitrogens with one attached hydrogen (secondary N) is 1. The van der Waals surface area contributed by atoms with Crippen molar-refractivity contribution in [2.45, 2.75) is 37.9 Å². The smallest absolute Gasteiger partial charge is 0.374 e. The number of para-hydroxylation sites is 1. The second-order valence-electron chi connectivity index (χ2n) is 6.97. The van der Waals surface area contributed by atoms with E-state index in [0.29, 0.717) is 40.6 Å². The van der Waals surface area contributed by atoms with Gasteiger partial charge in [0.15, 0.2) is 5.69 Å². The van der Waals surface area contributed by atoms with Crippen molar-refractivity contribution in [1.82, 2.24) is 19.9 Å². The van der Waals surface area contributed by atoms with Gasteiger partial charge in [-0.05, 0) is 19.4 Å². The lowest BCUT2D eigenvalue weighted by Gasteiger charge is -2.23. The Labute approximate surface area is 171 Å². The zero-order chi connectivity index (χ0) is 20.4. The number of thioether (sulfide) groups is 1. The molecule has 3 heterocycles. The van der Waals surface area contributed by atoms with E-state index in [4.69, 9.17) is 4.74 Å². The molecular formula is C20H23F3N4OS. The Morgan fingerprint density at radius 2 is 2.10 bits per heavy atom. The zero-order valence-corrected chi connectivity index (χ0v) is 16.9. The van der Waals surface area contributed by atoms with Crippen LogP contribution < -0.4 is 5.32 Å². The first-order valence-electron chi connectivity index (χ1n) is 9.74. The number of alkyl halides is 3. The summed E-state index contributed by atoms with van der Waals surface area (Å²) in [6.45, 7) is 4.99. The van der Waals surface area contributed by atoms with E-state index < -0.39 is 11.9 Å². The van der Waals surface area contributed by atoms with Crippen LogP contribution in [-0.4, -0.2) is 45.2 Å². The normalized spacial score (nSPS) is 18.0. The average Bonchev–Trinajstić information content (AvgIpc) is 3.08. The largest absolute Gasteiger partial charge is 0.435 e. The Kier molecular flexibility index (Phi) is 5.98. The quantitative estimate of drug-likeness (QED) is 0.642. The van der Waals surface area contributed by atoms with Crippen LogP contribution >= 0.6 is 11.8 Å². The number of halogens is 3. The highest BCUT2D eigenvalue weighted by Crippen LogP contribution is 2.37. The second kappa shape index (κ2) is 8.49. The molecule has 0 bridgehead atoms. The zero-order valence-electron chi connectivity index (χ0n) is 16.1. The van der Waals surface area contributed by atoms with Crippen molar-refractivity contribution < 1.29 is 17.9 Å². The molecular weight excluding hydrogens is 401 g/mol. The van der Waals surface area contributed by atoms with Crippen LogP contribution in [0.15, 0.2) is 24.3 Å². The van der Waals surface area contributed by atoms with Crippen molar-refractivity contribution in [2.24, 2.45) is 0 Å². The lowest BCUT2D eigenvalue weighted by molar-refractivity contribution is -0.139. The van der Waals surface area contributed by atoms with Crippen molar-refractivity contribution in [2.75, 3.05) is 25.4 Å². The van der Waals surface area contributed by atoms with E-state index >= 15 is 0 Å². The molecule has 0 amide bonds. The maximum atomic E-state index is 13.8. The van der Waals surface area contributed by atoms with E-state index in [9.17, 15) is 13.2 Å². The maximum absolute atomic E-state index is 13.8. The molecule has 156 valence electrons. The molecule has 0 saturated carbocycles. The van der Waals surface area contributed by atoms with Crippen LogP contribution in [-0.2, 0) is 24.1 Å². The van der Waals surface area contributed by atoms with Crippen LogP contribution in [0.2, 0.25) is 0 Å². The van der Waals surface area contributed by atoms with Crippen molar-refractivity contribution in [3.63, 3.8) is 0 Å². The molecule has 3 aromatic rings. The van der Waals surface area contributed by atoms with Gasteiger partial charge in [0.1, 0.15) is 17.9 Å². The van der Waals surface area contributed by atoms with E-state index in [0.717, 1.165) is 25.3 Å². The highest BCUT2D eigenvalue weighted by Gasteiger charge is 2.37. The van der Waals surface area contributed by atoms with Gasteiger partial charge in [-0.2, -0.15) is 24.9 Å². The number of rotatable bonds is 6. The summed E-state index contributed by atoms with van der Waals surface area (Å²) in [5.41, 5.74) is -0.215. The number of aryl methyl sites for hydroxylation is 1. The van der Waals surface area contributed by atoms with E-state index in [2.05, 4.69) is 15.3 Å². The molecule has 5 nitrogen and oxygen atoms in total. The summed E-state index contributed by atoms with van der Waals surface area (Å²) in [4.78, 5) is 8.27. The van der Waals surface area contributed by atoms with Crippen molar-refractivity contribution in [1.29, 1.82) is 0 Å². The molecule has 1 N–H and O–H groups in total. The van der Waals surface area contributed by atoms with Crippen LogP contribution in [0.1, 0.15) is 24.9 Å². The van der Waals surface area contributed by atoms with Crippen LogP contribution in [0.4, 0.5) is 13.2 Å². The summed E-state index contributed by atoms with van der Waals surface area (Å²) in [6.07, 6.45) is -3.73. The van der Waals surface area contributed by atoms with Gasteiger partial charge in [-0.1, -0.05) is 18.2 Å². The number of imidazole rings is 1. The van der Waals surface area contributed by atoms with Gasteiger partial charge in [0.05, 0.1) is 11.0 Å². The summed E-state index contributed by atoms with van der Waals surface area (Å²) >= 11 is 1.91. The van der Waals surface area contributed by atoms with Gasteiger partial charge >= 0.3 is 6.18 Å². The fourth-order valence-corrected chi connectivity index (χ4v) is 4.81. The molecule has 1 fully saturated rings. The Bertz CT molecular complexity index is 999. The fraction of sp³-hybridized carbons (Fsp3) is 0.500. The van der Waals surface area contributed by atoms with Crippen molar-refractivity contribution in [3.8, 4) is 0 Å². The first-order chi connectivity index (χ1) is 14.0. The lowest BCUT2D eigenvalue weighted by atomic mass is 10.1. The van der Waals surface area contributed by atoms with Gasteiger partial charge in [-0.15, -0.1) is 0 Å². The molecule has 1 unspecified atom stereocenters. The Morgan fingerprint density at radius 3 is 2.83 bits per heavy atom. The van der Waals surface area contributed by atoms with Gasteiger partial charge in [-0.3, -0.25) is 0 Å². The molecule has 0 spiro atoms. The topological polar surface area (TPSA) is 52.0 Å². The van der Waals surface area contributed by atoms with Crippen LogP contribution in [0.3, 0.4) is 0 Å². The SMILES string of the molecule is CCOCc1nc2c(C(F)(F)F)nc3ccccc3c2n1CCC1CNCCS1. The van der Waals surface area contributed by atoms with Crippen LogP contribution in [0.5, 0.6) is 0 Å². The number of nitrogens with zero attached hydrogens (tertiary/aromatic N) is 3. The van der Waals surface area contributed by atoms with Gasteiger partial charge in [0.2, 0.25) is 0 Å². The average molecular weight is 424 g/mol. The summed E-state index contributed by atoms with van der Waals surface area (Å²) in [5, 5.41) is 4.49. The Morgan fingerprint density at radius 1 is 1.28 bits per heavy atom. The Hall–Kier alpha value is -1.84. The molecule has 1 saturated heterocycles. The van der Waals surface area contributed by atoms with Crippen LogP contribution in [0.25, 0.3) is 21.9 Å². The highest BCUT2D eigenvalue weighted by atomic mass is 32.2. The minimum absolute atomic E-state index is 0.0969. The van der Waals surface area contributed by atoms with Gasteiger partial charge in [-0.25, -0.2) is 9.97 Å². The fourth-order valence-electron chi connectivity index (χ4n) is 3.70. The first-order valence-corrected chi connectivity index (χ1v) is 10.8. The molecule has 1 aromatic carbocycles. The molecule has 0 aliphatic carbocycles. The second-order valence-corrected chi connectivity index (χ2v) is 8.38. The predicted octanol–water partition coefficient (Wildman–Crippen LogP) is 4.23. The number of hydrogen-bond donors (Lipinski definition) is 1. The Balaban J connectivity index is 1.86. The predicted molar refractivity (Wildman–Crippen MR) is 109 cm³/mol. The van der Waals surface area contributed by atoms with E-state index in [1.165, 1.54) is 0 Å². The molecule has 0 radical (unpaired) electrons. The summed E-state index contributed by atoms with van der Waals surface area (Å²) < 4.78 is 48.7. The number of benzene rings is 1. The summed E-state index contributed by atoms with van der Waals surface area (Å²) in [5.74, 6) is 1.56. The molecule has 1 atom stereocenters. The highest BCUT2D eigenvalue weighted by molar-refractivity contribution is 8.00. The van der Waals surface area contributed by atoms with Crippen molar-refractivity contribution >= 4 is 33.7 Å². The standard InChI is InChI=1S/C20H23F3N4OS/c1-2-28-12-16-26-17-18(27(16)9-7-13-11-24-8-10-29-13)14-5-3-4-6-15(14)25-19(17)20(21,22)23/h3-6,13,24H,2,7-12H2,1H3. The number of ether oxygens (including phenoxy) is 1. The van der Waals surface area contributed by atoms with Gasteiger partial charge in [0, 0.05) is 42.6 Å². The first kappa shape index (κ1) is 20.4. The minimum atomic E-state index is -4.58. The molecule has 29 heavy (non-hydrogen) atoms. The van der Waals surface area contributed by atoms with Crippen molar-refractivity contribution in [3.05, 3.63) is 35.8 Å². The number of pyridine rings is 1. The van der Waals surface area contributed by atoms with Gasteiger partial charge in [0.25, 0.3) is 0 Å². The minimum Gasteiger partial charge on any atom is -0.374 e. The maximum Gasteiger partial charge on any atom is 0.435 e. The number of aromatic nitrogens is 3. The molecule has 1 aliphatic heterocycles. The lowest BCUT2D eigenvalue weighted by Crippen LogP contribution is -2.33. The monoisotopic (exact) mass is 424 g/mol. The van der Waals surface area contributed by atoms with E-state index in [1.807, 2.05) is 35.4 Å². The third-order valence-electron chi connectivity index (χ3n) is 5.05. The third kappa shape index (κ3) is 4.22.